The van der Waals surface area contributed by atoms with Crippen LogP contribution in [-0.4, -0.2) is 26.2 Å². The minimum atomic E-state index is -0.817. The topological polar surface area (TPSA) is 13.0 Å². The average Bonchev–Trinajstić information content (AvgIpc) is 3.51. The number of aryl methyl sites for hydroxylation is 12. The number of rotatable bonds is 5. The van der Waals surface area contributed by atoms with Crippen LogP contribution in [0.4, 0.5) is 22.7 Å². The molecule has 0 amide bonds. The van der Waals surface area contributed by atoms with Gasteiger partial charge in [0.05, 0.1) is 0 Å². The Morgan fingerprint density at radius 1 is 0.304 bits per heavy atom. The van der Waals surface area contributed by atoms with E-state index in [9.17, 15) is 0 Å². The van der Waals surface area contributed by atoms with E-state index in [1.807, 2.05) is 0 Å². The van der Waals surface area contributed by atoms with Gasteiger partial charge >= 0.3 is 0 Å². The Balaban J connectivity index is 1.64. The molecule has 6 rings (SSSR count). The molecular formula is C40H52N4P2. The minimum Gasteiger partial charge on any atom is -0.325 e. The summed E-state index contributed by atoms with van der Waals surface area (Å²) in [6, 6.07) is 19.1. The summed E-state index contributed by atoms with van der Waals surface area (Å²) in [5.41, 5.74) is 22.2. The van der Waals surface area contributed by atoms with Crippen LogP contribution >= 0.6 is 15.8 Å². The van der Waals surface area contributed by atoms with Crippen LogP contribution in [0.2, 0.25) is 0 Å². The largest absolute Gasteiger partial charge is 0.325 e. The second-order valence-electron chi connectivity index (χ2n) is 14.0. The average molecular weight is 651 g/mol. The van der Waals surface area contributed by atoms with Crippen molar-refractivity contribution < 1.29 is 0 Å². The Hall–Kier alpha value is -3.06. The van der Waals surface area contributed by atoms with Crippen LogP contribution in [0.3, 0.4) is 0 Å². The van der Waals surface area contributed by atoms with Crippen LogP contribution in [0.15, 0.2) is 48.5 Å². The van der Waals surface area contributed by atoms with Gasteiger partial charge in [0.1, 0.15) is 0 Å². The van der Waals surface area contributed by atoms with Crippen molar-refractivity contribution in [2.45, 2.75) is 83.1 Å². The van der Waals surface area contributed by atoms with Gasteiger partial charge in [0.15, 0.2) is 15.8 Å². The highest BCUT2D eigenvalue weighted by atomic mass is 32.1. The third-order valence-electron chi connectivity index (χ3n) is 9.64. The predicted molar refractivity (Wildman–Crippen MR) is 206 cm³/mol. The molecule has 0 spiro atoms. The van der Waals surface area contributed by atoms with Crippen molar-refractivity contribution in [1.82, 2.24) is 0 Å². The smallest absolute Gasteiger partial charge is 0.166 e. The molecule has 0 N–H and O–H groups in total. The van der Waals surface area contributed by atoms with Crippen molar-refractivity contribution in [2.75, 3.05) is 44.9 Å². The molecule has 242 valence electrons. The molecule has 0 saturated carbocycles. The van der Waals surface area contributed by atoms with Crippen molar-refractivity contribution in [3.8, 4) is 0 Å². The lowest BCUT2D eigenvalue weighted by atomic mass is 10.0. The van der Waals surface area contributed by atoms with Gasteiger partial charge in [-0.3, -0.25) is 0 Å². The van der Waals surface area contributed by atoms with Crippen molar-refractivity contribution in [1.29, 1.82) is 0 Å². The first kappa shape index (κ1) is 32.9. The van der Waals surface area contributed by atoms with E-state index < -0.39 is 15.8 Å². The number of anilines is 4. The zero-order chi connectivity index (χ0) is 33.2. The zero-order valence-electron chi connectivity index (χ0n) is 30.1. The van der Waals surface area contributed by atoms with E-state index in [0.29, 0.717) is 0 Å². The van der Waals surface area contributed by atoms with E-state index in [-0.39, 0.29) is 0 Å². The lowest BCUT2D eigenvalue weighted by molar-refractivity contribution is 1.01. The third-order valence-corrected chi connectivity index (χ3v) is 16.8. The quantitative estimate of drug-likeness (QED) is 0.199. The van der Waals surface area contributed by atoms with E-state index in [4.69, 9.17) is 0 Å². The van der Waals surface area contributed by atoms with Crippen LogP contribution in [-0.2, 0) is 0 Å². The first-order valence-electron chi connectivity index (χ1n) is 16.8. The van der Waals surface area contributed by atoms with Crippen LogP contribution < -0.4 is 18.7 Å². The van der Waals surface area contributed by atoms with Gasteiger partial charge in [-0.15, -0.1) is 0 Å². The van der Waals surface area contributed by atoms with Crippen LogP contribution in [0, 0.1) is 83.1 Å². The summed E-state index contributed by atoms with van der Waals surface area (Å²) in [5, 5.41) is 0. The van der Waals surface area contributed by atoms with E-state index in [2.05, 4.69) is 150 Å². The maximum Gasteiger partial charge on any atom is 0.166 e. The predicted octanol–water partition coefficient (Wildman–Crippen LogP) is 11.3. The Bertz CT molecular complexity index is 1470. The summed E-state index contributed by atoms with van der Waals surface area (Å²) in [6.07, 6.45) is 0. The summed E-state index contributed by atoms with van der Waals surface area (Å²) in [4.78, 5) is 0. The molecule has 2 fully saturated rings. The summed E-state index contributed by atoms with van der Waals surface area (Å²) in [7, 11) is -1.63. The first-order valence-corrected chi connectivity index (χ1v) is 20.0. The molecule has 4 nitrogen and oxygen atoms in total. The Labute approximate surface area is 281 Å². The highest BCUT2D eigenvalue weighted by molar-refractivity contribution is 8.32. The fourth-order valence-corrected chi connectivity index (χ4v) is 17.3. The van der Waals surface area contributed by atoms with Crippen LogP contribution in [0.5, 0.6) is 0 Å². The fourth-order valence-electron chi connectivity index (χ4n) is 8.51. The SMILES string of the molecule is Cc1cc(C)c(N2CCN(c3c(C)cc(C)cc3C)P2P2N(c3c(C)cc(C)cc3C)CCN2c2c(C)cc(C)cc2C)c(C)c1. The number of nitrogens with zero attached hydrogens (tertiary/aromatic N) is 4. The van der Waals surface area contributed by atoms with Crippen molar-refractivity contribution in [3.05, 3.63) is 115 Å². The molecule has 4 aromatic rings. The first-order chi connectivity index (χ1) is 21.8. The Morgan fingerprint density at radius 2 is 0.457 bits per heavy atom. The monoisotopic (exact) mass is 650 g/mol. The van der Waals surface area contributed by atoms with Gasteiger partial charge in [0, 0.05) is 48.9 Å². The van der Waals surface area contributed by atoms with Crippen LogP contribution in [0.1, 0.15) is 66.8 Å². The van der Waals surface area contributed by atoms with E-state index in [1.165, 1.54) is 89.5 Å². The molecular weight excluding hydrogens is 598 g/mol. The molecule has 0 aromatic heterocycles. The van der Waals surface area contributed by atoms with Gasteiger partial charge in [-0.1, -0.05) is 70.8 Å². The van der Waals surface area contributed by atoms with E-state index in [0.717, 1.165) is 26.2 Å². The molecule has 0 atom stereocenters. The highest BCUT2D eigenvalue weighted by Crippen LogP contribution is 2.81. The van der Waals surface area contributed by atoms with Gasteiger partial charge in [0.2, 0.25) is 0 Å². The molecule has 2 heterocycles. The molecule has 0 bridgehead atoms. The summed E-state index contributed by atoms with van der Waals surface area (Å²) in [5.74, 6) is 0. The van der Waals surface area contributed by atoms with E-state index >= 15 is 0 Å². The van der Waals surface area contributed by atoms with E-state index in [1.54, 1.807) is 0 Å². The number of hydrogen-bond acceptors (Lipinski definition) is 4. The molecule has 4 aromatic carbocycles. The normalized spacial score (nSPS) is 16.0. The fraction of sp³-hybridized carbons (Fsp3) is 0.400. The lowest BCUT2D eigenvalue weighted by Gasteiger charge is -2.45. The standard InChI is InChI=1S/C40H52N4P2/c1-25-17-29(5)37(30(6)18-25)41-13-14-42(38-31(7)19-26(2)20-32(38)8)45(41)46-43(39-33(9)21-27(3)22-34(39)10)15-16-44(46)40-35(11)23-28(4)24-36(40)12/h17-24H,13-16H2,1-12H3. The summed E-state index contributed by atoms with van der Waals surface area (Å²) < 4.78 is 11.4. The summed E-state index contributed by atoms with van der Waals surface area (Å²) >= 11 is 0. The second-order valence-corrected chi connectivity index (χ2v) is 19.2. The molecule has 0 unspecified atom stereocenters. The van der Waals surface area contributed by atoms with Crippen molar-refractivity contribution >= 4 is 38.6 Å². The van der Waals surface area contributed by atoms with Crippen molar-refractivity contribution in [3.63, 3.8) is 0 Å². The molecule has 2 aliphatic heterocycles. The van der Waals surface area contributed by atoms with Gasteiger partial charge in [-0.2, -0.15) is 0 Å². The highest BCUT2D eigenvalue weighted by Gasteiger charge is 2.50. The molecule has 46 heavy (non-hydrogen) atoms. The zero-order valence-corrected chi connectivity index (χ0v) is 31.9. The van der Waals surface area contributed by atoms with Gasteiger partial charge < -0.3 is 18.7 Å². The Kier molecular flexibility index (Phi) is 8.94. The van der Waals surface area contributed by atoms with Gasteiger partial charge in [-0.05, 0) is 128 Å². The van der Waals surface area contributed by atoms with Gasteiger partial charge in [0.25, 0.3) is 0 Å². The Morgan fingerprint density at radius 3 is 0.609 bits per heavy atom. The van der Waals surface area contributed by atoms with Gasteiger partial charge in [-0.25, -0.2) is 0 Å². The number of benzene rings is 4. The molecule has 2 aliphatic rings. The molecule has 2 saturated heterocycles. The second kappa shape index (κ2) is 12.5. The maximum absolute atomic E-state index is 2.85. The molecule has 0 aliphatic carbocycles. The minimum absolute atomic E-state index is 0.817. The maximum atomic E-state index is 2.85. The lowest BCUT2D eigenvalue weighted by Crippen LogP contribution is -2.25. The third kappa shape index (κ3) is 5.71. The summed E-state index contributed by atoms with van der Waals surface area (Å²) in [6.45, 7) is 31.7. The van der Waals surface area contributed by atoms with Crippen molar-refractivity contribution in [2.24, 2.45) is 0 Å². The number of hydrogen-bond donors (Lipinski definition) is 0. The molecule has 0 radical (unpaired) electrons. The van der Waals surface area contributed by atoms with Crippen LogP contribution in [0.25, 0.3) is 0 Å². The molecule has 6 heteroatoms.